The van der Waals surface area contributed by atoms with Gasteiger partial charge in [0, 0.05) is 29.6 Å². The molecule has 0 saturated carbocycles. The number of nitrogens with zero attached hydrogens (tertiary/aromatic N) is 1. The first-order valence-corrected chi connectivity index (χ1v) is 8.58. The maximum atomic E-state index is 3.76. The average Bonchev–Trinajstić information content (AvgIpc) is 2.38. The number of rotatable bonds is 4. The lowest BCUT2D eigenvalue weighted by atomic mass is 9.96. The van der Waals surface area contributed by atoms with Crippen LogP contribution in [-0.2, 0) is 0 Å². The van der Waals surface area contributed by atoms with Crippen LogP contribution >= 0.6 is 15.9 Å². The fraction of sp³-hybridized carbons (Fsp3) is 0.647. The molecule has 1 fully saturated rings. The minimum absolute atomic E-state index is 0.571. The Kier molecular flexibility index (Phi) is 5.50. The molecular weight excluding hydrogens is 312 g/mol. The maximum Gasteiger partial charge on any atom is 0.0514 e. The van der Waals surface area contributed by atoms with Crippen LogP contribution in [0.1, 0.15) is 39.2 Å². The van der Waals surface area contributed by atoms with E-state index in [9.17, 15) is 0 Å². The van der Waals surface area contributed by atoms with Crippen molar-refractivity contribution >= 4 is 21.6 Å². The Morgan fingerprint density at radius 2 is 2.15 bits per heavy atom. The fourth-order valence-electron chi connectivity index (χ4n) is 3.09. The number of benzene rings is 1. The zero-order valence-electron chi connectivity index (χ0n) is 13.1. The number of hydrogen-bond acceptors (Lipinski definition) is 2. The standard InChI is InChI=1S/C17H27BrN2/c1-5-6-14-11-20(17(10-19-14)12(2)3)16-8-7-13(4)9-15(16)18/h7-9,12,14,17,19H,5-6,10-11H2,1-4H3. The van der Waals surface area contributed by atoms with Gasteiger partial charge in [-0.05, 0) is 52.9 Å². The van der Waals surface area contributed by atoms with Crippen molar-refractivity contribution in [2.24, 2.45) is 5.92 Å². The van der Waals surface area contributed by atoms with Crippen molar-refractivity contribution in [3.63, 3.8) is 0 Å². The second-order valence-electron chi connectivity index (χ2n) is 6.31. The molecule has 2 unspecified atom stereocenters. The van der Waals surface area contributed by atoms with Gasteiger partial charge < -0.3 is 10.2 Å². The maximum absolute atomic E-state index is 3.76. The van der Waals surface area contributed by atoms with Crippen molar-refractivity contribution in [3.8, 4) is 0 Å². The Hall–Kier alpha value is -0.540. The summed E-state index contributed by atoms with van der Waals surface area (Å²) in [6, 6.07) is 7.89. The molecule has 1 N–H and O–H groups in total. The second kappa shape index (κ2) is 6.95. The Bertz CT molecular complexity index is 445. The van der Waals surface area contributed by atoms with Crippen LogP contribution in [0.3, 0.4) is 0 Å². The average molecular weight is 339 g/mol. The minimum atomic E-state index is 0.571. The zero-order chi connectivity index (χ0) is 14.7. The van der Waals surface area contributed by atoms with E-state index in [4.69, 9.17) is 0 Å². The third-order valence-electron chi connectivity index (χ3n) is 4.25. The number of piperazine rings is 1. The van der Waals surface area contributed by atoms with E-state index >= 15 is 0 Å². The molecule has 1 aliphatic rings. The second-order valence-corrected chi connectivity index (χ2v) is 7.17. The molecule has 1 aromatic rings. The van der Waals surface area contributed by atoms with E-state index in [1.807, 2.05) is 0 Å². The first kappa shape index (κ1) is 15.8. The lowest BCUT2D eigenvalue weighted by molar-refractivity contribution is 0.327. The van der Waals surface area contributed by atoms with Crippen LogP contribution in [0, 0.1) is 12.8 Å². The van der Waals surface area contributed by atoms with Gasteiger partial charge in [-0.25, -0.2) is 0 Å². The van der Waals surface area contributed by atoms with Gasteiger partial charge in [-0.15, -0.1) is 0 Å². The van der Waals surface area contributed by atoms with Crippen molar-refractivity contribution in [2.75, 3.05) is 18.0 Å². The third-order valence-corrected chi connectivity index (χ3v) is 4.89. The summed E-state index contributed by atoms with van der Waals surface area (Å²) in [5, 5.41) is 3.73. The number of aryl methyl sites for hydroxylation is 1. The van der Waals surface area contributed by atoms with Crippen molar-refractivity contribution in [2.45, 2.75) is 52.6 Å². The molecule has 0 bridgehead atoms. The van der Waals surface area contributed by atoms with Gasteiger partial charge in [-0.2, -0.15) is 0 Å². The van der Waals surface area contributed by atoms with Crippen LogP contribution in [0.25, 0.3) is 0 Å². The molecule has 0 amide bonds. The number of hydrogen-bond donors (Lipinski definition) is 1. The minimum Gasteiger partial charge on any atom is -0.365 e. The van der Waals surface area contributed by atoms with Gasteiger partial charge in [0.15, 0.2) is 0 Å². The van der Waals surface area contributed by atoms with Gasteiger partial charge in [0.25, 0.3) is 0 Å². The smallest absolute Gasteiger partial charge is 0.0514 e. The Labute approximate surface area is 132 Å². The van der Waals surface area contributed by atoms with Crippen LogP contribution in [0.4, 0.5) is 5.69 Å². The SMILES string of the molecule is CCCC1CN(c2ccc(C)cc2Br)C(C(C)C)CN1. The third kappa shape index (κ3) is 3.56. The summed E-state index contributed by atoms with van der Waals surface area (Å²) in [5.41, 5.74) is 2.65. The van der Waals surface area contributed by atoms with E-state index in [1.54, 1.807) is 0 Å². The summed E-state index contributed by atoms with van der Waals surface area (Å²) < 4.78 is 1.22. The van der Waals surface area contributed by atoms with Crippen molar-refractivity contribution < 1.29 is 0 Å². The number of nitrogens with one attached hydrogen (secondary N) is 1. The number of halogens is 1. The molecule has 2 rings (SSSR count). The quantitative estimate of drug-likeness (QED) is 0.877. The van der Waals surface area contributed by atoms with Crippen molar-refractivity contribution in [1.82, 2.24) is 5.32 Å². The zero-order valence-corrected chi connectivity index (χ0v) is 14.7. The number of anilines is 1. The van der Waals surface area contributed by atoms with E-state index in [-0.39, 0.29) is 0 Å². The highest BCUT2D eigenvalue weighted by molar-refractivity contribution is 9.10. The van der Waals surface area contributed by atoms with E-state index in [2.05, 4.69) is 72.0 Å². The van der Waals surface area contributed by atoms with Gasteiger partial charge >= 0.3 is 0 Å². The molecule has 0 aromatic heterocycles. The van der Waals surface area contributed by atoms with Gasteiger partial charge in [-0.1, -0.05) is 33.3 Å². The molecule has 20 heavy (non-hydrogen) atoms. The normalized spacial score (nSPS) is 23.4. The molecule has 112 valence electrons. The summed E-state index contributed by atoms with van der Waals surface area (Å²) in [6.07, 6.45) is 2.50. The van der Waals surface area contributed by atoms with E-state index in [0.717, 1.165) is 13.1 Å². The monoisotopic (exact) mass is 338 g/mol. The van der Waals surface area contributed by atoms with E-state index < -0.39 is 0 Å². The van der Waals surface area contributed by atoms with Crippen LogP contribution in [0.5, 0.6) is 0 Å². The van der Waals surface area contributed by atoms with Gasteiger partial charge in [-0.3, -0.25) is 0 Å². The predicted octanol–water partition coefficient (Wildman–Crippen LogP) is 4.36. The van der Waals surface area contributed by atoms with E-state index in [0.29, 0.717) is 18.0 Å². The van der Waals surface area contributed by atoms with E-state index in [1.165, 1.54) is 28.6 Å². The van der Waals surface area contributed by atoms with Gasteiger partial charge in [0.2, 0.25) is 0 Å². The van der Waals surface area contributed by atoms with Crippen LogP contribution in [-0.4, -0.2) is 25.2 Å². The topological polar surface area (TPSA) is 15.3 Å². The molecule has 0 aliphatic carbocycles. The molecule has 1 aromatic carbocycles. The molecule has 3 heteroatoms. The van der Waals surface area contributed by atoms with Crippen LogP contribution in [0.2, 0.25) is 0 Å². The molecule has 0 spiro atoms. The predicted molar refractivity (Wildman–Crippen MR) is 91.5 cm³/mol. The summed E-state index contributed by atoms with van der Waals surface area (Å²) >= 11 is 3.76. The Balaban J connectivity index is 2.26. The first-order chi connectivity index (χ1) is 9.52. The molecule has 2 nitrogen and oxygen atoms in total. The Morgan fingerprint density at radius 3 is 2.75 bits per heavy atom. The molecule has 1 aliphatic heterocycles. The summed E-state index contributed by atoms with van der Waals surface area (Å²) in [5.74, 6) is 0.651. The van der Waals surface area contributed by atoms with Gasteiger partial charge in [0.05, 0.1) is 5.69 Å². The fourth-order valence-corrected chi connectivity index (χ4v) is 3.82. The first-order valence-electron chi connectivity index (χ1n) is 7.79. The molecule has 1 saturated heterocycles. The highest BCUT2D eigenvalue weighted by atomic mass is 79.9. The lowest BCUT2D eigenvalue weighted by Crippen LogP contribution is -2.58. The molecule has 0 radical (unpaired) electrons. The largest absolute Gasteiger partial charge is 0.365 e. The van der Waals surface area contributed by atoms with Crippen LogP contribution in [0.15, 0.2) is 22.7 Å². The van der Waals surface area contributed by atoms with Crippen molar-refractivity contribution in [3.05, 3.63) is 28.2 Å². The molecule has 2 atom stereocenters. The summed E-state index contributed by atoms with van der Waals surface area (Å²) in [7, 11) is 0. The highest BCUT2D eigenvalue weighted by Gasteiger charge is 2.30. The molecule has 1 heterocycles. The van der Waals surface area contributed by atoms with Crippen LogP contribution < -0.4 is 10.2 Å². The van der Waals surface area contributed by atoms with Gasteiger partial charge in [0.1, 0.15) is 0 Å². The van der Waals surface area contributed by atoms with Crippen molar-refractivity contribution in [1.29, 1.82) is 0 Å². The highest BCUT2D eigenvalue weighted by Crippen LogP contribution is 2.32. The molecular formula is C17H27BrN2. The summed E-state index contributed by atoms with van der Waals surface area (Å²) in [4.78, 5) is 2.60. The lowest BCUT2D eigenvalue weighted by Gasteiger charge is -2.44. The Morgan fingerprint density at radius 1 is 1.40 bits per heavy atom. The summed E-state index contributed by atoms with van der Waals surface area (Å²) in [6.45, 7) is 11.2.